The second-order valence-corrected chi connectivity index (χ2v) is 14.7. The molecule has 2 amide bonds. The number of hydrogen-bond acceptors (Lipinski definition) is 7. The lowest BCUT2D eigenvalue weighted by Gasteiger charge is -2.39. The summed E-state index contributed by atoms with van der Waals surface area (Å²) in [5, 5.41) is 6.68. The van der Waals surface area contributed by atoms with Crippen LogP contribution in [-0.2, 0) is 28.5 Å². The van der Waals surface area contributed by atoms with E-state index in [0.29, 0.717) is 24.0 Å². The third-order valence-corrected chi connectivity index (χ3v) is 11.6. The van der Waals surface area contributed by atoms with Gasteiger partial charge in [0.2, 0.25) is 0 Å². The number of carbonyl (C=O) groups is 3. The minimum Gasteiger partial charge on any atom is -0.434 e. The van der Waals surface area contributed by atoms with E-state index < -0.39 is 17.2 Å². The lowest BCUT2D eigenvalue weighted by molar-refractivity contribution is -0.117. The summed E-state index contributed by atoms with van der Waals surface area (Å²) in [5.74, 6) is -0.151. The van der Waals surface area contributed by atoms with Crippen LogP contribution in [0.5, 0.6) is 0 Å². The molecule has 2 fully saturated rings. The SMILES string of the molecule is COC1CCC2(CC1)NC(=O)C(c1cc(C)ccc1C)=C2CCOC(=O)OCCC1=C(c2cc(C)ccc2C)C(=O)NC12CCC(OC)CC2. The molecule has 2 heterocycles. The fourth-order valence-corrected chi connectivity index (χ4v) is 8.78. The lowest BCUT2D eigenvalue weighted by Crippen LogP contribution is -2.48. The Balaban J connectivity index is 1.17. The summed E-state index contributed by atoms with van der Waals surface area (Å²) in [5.41, 5.74) is 8.47. The molecule has 0 bridgehead atoms. The van der Waals surface area contributed by atoms with Crippen LogP contribution >= 0.6 is 0 Å². The monoisotopic (exact) mass is 684 g/mol. The number of amides is 2. The highest BCUT2D eigenvalue weighted by atomic mass is 16.7. The summed E-state index contributed by atoms with van der Waals surface area (Å²) in [6.07, 6.45) is 6.84. The first-order valence-electron chi connectivity index (χ1n) is 18.1. The highest BCUT2D eigenvalue weighted by Crippen LogP contribution is 2.46. The predicted octanol–water partition coefficient (Wildman–Crippen LogP) is 6.98. The van der Waals surface area contributed by atoms with E-state index in [1.165, 1.54) is 0 Å². The van der Waals surface area contributed by atoms with Crippen LogP contribution in [0.15, 0.2) is 47.5 Å². The molecule has 0 atom stereocenters. The molecule has 2 saturated carbocycles. The van der Waals surface area contributed by atoms with Gasteiger partial charge in [-0.2, -0.15) is 0 Å². The van der Waals surface area contributed by atoms with Crippen LogP contribution < -0.4 is 10.6 Å². The van der Waals surface area contributed by atoms with Crippen molar-refractivity contribution in [2.75, 3.05) is 27.4 Å². The van der Waals surface area contributed by atoms with Crippen LogP contribution in [-0.4, -0.2) is 68.7 Å². The van der Waals surface area contributed by atoms with Gasteiger partial charge in [0.1, 0.15) is 0 Å². The van der Waals surface area contributed by atoms with Crippen molar-refractivity contribution in [3.63, 3.8) is 0 Å². The van der Waals surface area contributed by atoms with Crippen molar-refractivity contribution in [1.29, 1.82) is 0 Å². The second kappa shape index (κ2) is 14.7. The van der Waals surface area contributed by atoms with E-state index in [-0.39, 0.29) is 37.2 Å². The fourth-order valence-electron chi connectivity index (χ4n) is 8.78. The van der Waals surface area contributed by atoms with Crippen LogP contribution in [0, 0.1) is 27.7 Å². The van der Waals surface area contributed by atoms with E-state index in [4.69, 9.17) is 18.9 Å². The second-order valence-electron chi connectivity index (χ2n) is 14.7. The van der Waals surface area contributed by atoms with Gasteiger partial charge in [0.05, 0.1) is 36.5 Å². The molecule has 2 aromatic carbocycles. The van der Waals surface area contributed by atoms with Gasteiger partial charge in [-0.3, -0.25) is 9.59 Å². The number of rotatable bonds is 10. The Morgan fingerprint density at radius 3 is 1.40 bits per heavy atom. The zero-order valence-corrected chi connectivity index (χ0v) is 30.5. The molecule has 50 heavy (non-hydrogen) atoms. The summed E-state index contributed by atoms with van der Waals surface area (Å²) in [6.45, 7) is 8.28. The first kappa shape index (κ1) is 35.9. The van der Waals surface area contributed by atoms with Crippen molar-refractivity contribution >= 4 is 29.1 Å². The molecule has 0 saturated heterocycles. The van der Waals surface area contributed by atoms with Gasteiger partial charge in [-0.25, -0.2) is 4.79 Å². The molecule has 268 valence electrons. The van der Waals surface area contributed by atoms with E-state index in [1.54, 1.807) is 14.2 Å². The number of hydrogen-bond donors (Lipinski definition) is 2. The van der Waals surface area contributed by atoms with Gasteiger partial charge in [-0.05, 0) is 112 Å². The maximum atomic E-state index is 13.6. The molecule has 0 radical (unpaired) electrons. The average Bonchev–Trinajstić information content (AvgIpc) is 3.52. The standard InChI is InChI=1S/C41H52N2O7/c1-25-7-9-27(3)31(23-25)35-33(40(42-37(35)44)17-11-29(47-5)12-18-40)15-21-49-39(46)50-22-16-34-36(32-24-26(2)8-10-28(32)4)38(45)43-41(34)19-13-30(48-6)14-20-41/h7-10,23-24,29-30H,11-22H2,1-6H3,(H,42,44)(H,43,45). The van der Waals surface area contributed by atoms with Crippen molar-refractivity contribution in [3.05, 3.63) is 80.9 Å². The third kappa shape index (κ3) is 6.99. The van der Waals surface area contributed by atoms with E-state index in [0.717, 1.165) is 95.9 Å². The molecule has 9 heteroatoms. The number of methoxy groups -OCH3 is 2. The van der Waals surface area contributed by atoms with E-state index in [9.17, 15) is 14.4 Å². The topological polar surface area (TPSA) is 112 Å². The Morgan fingerprint density at radius 1 is 0.660 bits per heavy atom. The Hall–Kier alpha value is -3.95. The highest BCUT2D eigenvalue weighted by Gasteiger charge is 2.48. The number of aryl methyl sites for hydroxylation is 4. The van der Waals surface area contributed by atoms with Gasteiger partial charge in [0, 0.05) is 38.2 Å². The Labute approximate surface area is 296 Å². The van der Waals surface area contributed by atoms with Crippen LogP contribution in [0.3, 0.4) is 0 Å². The van der Waals surface area contributed by atoms with Gasteiger partial charge in [0.15, 0.2) is 0 Å². The molecule has 0 aromatic heterocycles. The zero-order valence-electron chi connectivity index (χ0n) is 30.5. The van der Waals surface area contributed by atoms with Gasteiger partial charge in [-0.1, -0.05) is 47.5 Å². The quantitative estimate of drug-likeness (QED) is 0.260. The maximum absolute atomic E-state index is 13.6. The molecule has 2 spiro atoms. The van der Waals surface area contributed by atoms with Gasteiger partial charge < -0.3 is 29.6 Å². The van der Waals surface area contributed by atoms with Crippen LogP contribution in [0.4, 0.5) is 4.79 Å². The first-order chi connectivity index (χ1) is 24.0. The third-order valence-electron chi connectivity index (χ3n) is 11.6. The number of nitrogens with one attached hydrogen (secondary N) is 2. The highest BCUT2D eigenvalue weighted by molar-refractivity contribution is 6.24. The van der Waals surface area contributed by atoms with E-state index in [2.05, 4.69) is 34.9 Å². The van der Waals surface area contributed by atoms with Crippen molar-refractivity contribution in [2.24, 2.45) is 0 Å². The van der Waals surface area contributed by atoms with Gasteiger partial charge >= 0.3 is 6.16 Å². The molecule has 9 nitrogen and oxygen atoms in total. The molecule has 2 aromatic rings. The zero-order chi connectivity index (χ0) is 35.6. The fraction of sp³-hybridized carbons (Fsp3) is 0.537. The van der Waals surface area contributed by atoms with Crippen LogP contribution in [0.2, 0.25) is 0 Å². The van der Waals surface area contributed by atoms with Crippen LogP contribution in [0.1, 0.15) is 97.6 Å². The van der Waals surface area contributed by atoms with E-state index in [1.807, 2.05) is 39.8 Å². The Bertz CT molecular complexity index is 1580. The Morgan fingerprint density at radius 2 is 1.04 bits per heavy atom. The Kier molecular flexibility index (Phi) is 10.6. The number of benzene rings is 2. The van der Waals surface area contributed by atoms with Crippen molar-refractivity contribution in [1.82, 2.24) is 10.6 Å². The summed E-state index contributed by atoms with van der Waals surface area (Å²) in [6, 6.07) is 12.3. The molecule has 0 unspecified atom stereocenters. The molecule has 2 aliphatic carbocycles. The normalized spacial score (nSPS) is 26.5. The summed E-state index contributed by atoms with van der Waals surface area (Å²) >= 11 is 0. The first-order valence-corrected chi connectivity index (χ1v) is 18.1. The number of ether oxygens (including phenoxy) is 4. The van der Waals surface area contributed by atoms with Gasteiger partial charge in [-0.15, -0.1) is 0 Å². The molecular formula is C41H52N2O7. The maximum Gasteiger partial charge on any atom is 0.508 e. The average molecular weight is 685 g/mol. The van der Waals surface area contributed by atoms with Crippen molar-refractivity contribution < 1.29 is 33.3 Å². The van der Waals surface area contributed by atoms with Crippen molar-refractivity contribution in [2.45, 2.75) is 115 Å². The van der Waals surface area contributed by atoms with Crippen molar-refractivity contribution in [3.8, 4) is 0 Å². The molecule has 4 aliphatic rings. The summed E-state index contributed by atoms with van der Waals surface area (Å²) < 4.78 is 22.6. The number of carbonyl (C=O) groups excluding carboxylic acids is 3. The minimum atomic E-state index is -0.753. The van der Waals surface area contributed by atoms with Crippen LogP contribution in [0.25, 0.3) is 11.1 Å². The smallest absolute Gasteiger partial charge is 0.434 e. The molecule has 6 rings (SSSR count). The summed E-state index contributed by atoms with van der Waals surface area (Å²) in [4.78, 5) is 40.3. The molecular weight excluding hydrogens is 632 g/mol. The lowest BCUT2D eigenvalue weighted by atomic mass is 9.74. The summed E-state index contributed by atoms with van der Waals surface area (Å²) in [7, 11) is 3.47. The van der Waals surface area contributed by atoms with E-state index >= 15 is 0 Å². The largest absolute Gasteiger partial charge is 0.508 e. The molecule has 2 aliphatic heterocycles. The molecule has 2 N–H and O–H groups in total. The minimum absolute atomic E-state index is 0.0757. The predicted molar refractivity (Wildman–Crippen MR) is 192 cm³/mol. The van der Waals surface area contributed by atoms with Gasteiger partial charge in [0.25, 0.3) is 11.8 Å².